The first kappa shape index (κ1) is 14.0. The molecule has 0 radical (unpaired) electrons. The number of ether oxygens (including phenoxy) is 1. The minimum absolute atomic E-state index is 0.322. The van der Waals surface area contributed by atoms with Crippen LogP contribution >= 0.6 is 0 Å². The van der Waals surface area contributed by atoms with E-state index in [9.17, 15) is 10.1 Å². The summed E-state index contributed by atoms with van der Waals surface area (Å²) in [5.74, 6) is -0.120. The van der Waals surface area contributed by atoms with Crippen LogP contribution in [0.25, 0.3) is 5.70 Å². The molecular formula is C17H14N2O3. The molecule has 0 spiro atoms. The zero-order valence-electron chi connectivity index (χ0n) is 11.9. The predicted molar refractivity (Wildman–Crippen MR) is 79.7 cm³/mol. The first-order valence-electron chi connectivity index (χ1n) is 6.83. The van der Waals surface area contributed by atoms with Gasteiger partial charge >= 0.3 is 0 Å². The summed E-state index contributed by atoms with van der Waals surface area (Å²) >= 11 is 0. The van der Waals surface area contributed by atoms with Gasteiger partial charge in [0.1, 0.15) is 17.4 Å². The smallest absolute Gasteiger partial charge is 0.242 e. The van der Waals surface area contributed by atoms with Gasteiger partial charge in [0.05, 0.1) is 25.1 Å². The molecule has 5 heteroatoms. The van der Waals surface area contributed by atoms with Gasteiger partial charge in [-0.3, -0.25) is 4.79 Å². The number of hydrogen-bond donors (Lipinski definition) is 1. The molecule has 1 aliphatic rings. The van der Waals surface area contributed by atoms with Gasteiger partial charge in [0.25, 0.3) is 0 Å². The highest BCUT2D eigenvalue weighted by Gasteiger charge is 2.33. The van der Waals surface area contributed by atoms with Crippen molar-refractivity contribution in [3.63, 3.8) is 0 Å². The summed E-state index contributed by atoms with van der Waals surface area (Å²) < 4.78 is 10.5. The van der Waals surface area contributed by atoms with Crippen LogP contribution in [0, 0.1) is 17.2 Å². The Morgan fingerprint density at radius 1 is 1.27 bits per heavy atom. The number of furan rings is 1. The molecule has 110 valence electrons. The molecular weight excluding hydrogens is 280 g/mol. The Kier molecular flexibility index (Phi) is 3.67. The van der Waals surface area contributed by atoms with Crippen LogP contribution in [0.2, 0.25) is 0 Å². The van der Waals surface area contributed by atoms with E-state index in [0.717, 1.165) is 11.3 Å². The second-order valence-corrected chi connectivity index (χ2v) is 4.95. The molecule has 0 saturated carbocycles. The summed E-state index contributed by atoms with van der Waals surface area (Å²) in [6.45, 7) is 0. The molecule has 2 heterocycles. The van der Waals surface area contributed by atoms with Gasteiger partial charge in [0.15, 0.2) is 0 Å². The molecule has 0 bridgehead atoms. The quantitative estimate of drug-likeness (QED) is 0.944. The molecule has 1 aromatic carbocycles. The van der Waals surface area contributed by atoms with Crippen LogP contribution in [0.5, 0.6) is 5.75 Å². The lowest BCUT2D eigenvalue weighted by Crippen LogP contribution is -2.36. The normalized spacial score (nSPS) is 20.7. The number of benzene rings is 1. The molecule has 1 N–H and O–H groups in total. The highest BCUT2D eigenvalue weighted by Crippen LogP contribution is 2.33. The Balaban J connectivity index is 2.02. The van der Waals surface area contributed by atoms with Crippen molar-refractivity contribution in [2.45, 2.75) is 5.92 Å². The maximum atomic E-state index is 12.2. The van der Waals surface area contributed by atoms with Crippen LogP contribution in [0.3, 0.4) is 0 Å². The molecule has 0 saturated heterocycles. The monoisotopic (exact) mass is 294 g/mol. The number of carbonyl (C=O) groups excluding carboxylic acids is 1. The highest BCUT2D eigenvalue weighted by molar-refractivity contribution is 5.93. The summed E-state index contributed by atoms with van der Waals surface area (Å²) in [6.07, 6.45) is 3.40. The van der Waals surface area contributed by atoms with Gasteiger partial charge in [-0.2, -0.15) is 5.26 Å². The van der Waals surface area contributed by atoms with Gasteiger partial charge < -0.3 is 14.5 Å². The van der Waals surface area contributed by atoms with Gasteiger partial charge in [-0.15, -0.1) is 0 Å². The first-order valence-corrected chi connectivity index (χ1v) is 6.83. The van der Waals surface area contributed by atoms with Crippen molar-refractivity contribution in [2.75, 3.05) is 7.11 Å². The van der Waals surface area contributed by atoms with E-state index in [1.807, 2.05) is 30.3 Å². The van der Waals surface area contributed by atoms with Crippen molar-refractivity contribution in [1.82, 2.24) is 5.32 Å². The minimum Gasteiger partial charge on any atom is -0.497 e. The number of nitrogens with one attached hydrogen (secondary N) is 1. The third kappa shape index (κ3) is 2.47. The number of allylic oxidation sites excluding steroid dienone is 1. The van der Waals surface area contributed by atoms with Crippen molar-refractivity contribution >= 4 is 11.6 Å². The molecule has 1 aromatic heterocycles. The zero-order valence-corrected chi connectivity index (χ0v) is 11.9. The third-order valence-electron chi connectivity index (χ3n) is 3.67. The Labute approximate surface area is 127 Å². The van der Waals surface area contributed by atoms with Crippen molar-refractivity contribution in [2.24, 2.45) is 5.92 Å². The number of rotatable bonds is 3. The zero-order chi connectivity index (χ0) is 15.5. The second kappa shape index (κ2) is 5.78. The van der Waals surface area contributed by atoms with Crippen LogP contribution in [0.4, 0.5) is 0 Å². The lowest BCUT2D eigenvalue weighted by atomic mass is 9.83. The van der Waals surface area contributed by atoms with Crippen LogP contribution in [-0.4, -0.2) is 13.0 Å². The maximum Gasteiger partial charge on any atom is 0.242 e. The Bertz CT molecular complexity index is 739. The van der Waals surface area contributed by atoms with Crippen LogP contribution in [0.1, 0.15) is 17.2 Å². The fourth-order valence-corrected chi connectivity index (χ4v) is 2.52. The summed E-state index contributed by atoms with van der Waals surface area (Å²) in [4.78, 5) is 12.2. The lowest BCUT2D eigenvalue weighted by molar-refractivity contribution is -0.122. The summed E-state index contributed by atoms with van der Waals surface area (Å²) in [6, 6.07) is 13.0. The SMILES string of the molecule is COc1ccc(C2C=C(c3ccco3)NC(=O)C2C#N)cc1. The van der Waals surface area contributed by atoms with E-state index in [0.29, 0.717) is 11.5 Å². The van der Waals surface area contributed by atoms with E-state index < -0.39 is 5.92 Å². The average molecular weight is 294 g/mol. The second-order valence-electron chi connectivity index (χ2n) is 4.95. The average Bonchev–Trinajstić information content (AvgIpc) is 3.08. The first-order chi connectivity index (χ1) is 10.7. The van der Waals surface area contributed by atoms with Gasteiger partial charge in [-0.1, -0.05) is 12.1 Å². The van der Waals surface area contributed by atoms with Gasteiger partial charge in [-0.25, -0.2) is 0 Å². The molecule has 1 amide bonds. The number of nitriles is 1. The van der Waals surface area contributed by atoms with Gasteiger partial charge in [-0.05, 0) is 35.9 Å². The topological polar surface area (TPSA) is 75.3 Å². The van der Waals surface area contributed by atoms with E-state index in [1.165, 1.54) is 0 Å². The van der Waals surface area contributed by atoms with Crippen LogP contribution in [-0.2, 0) is 4.79 Å². The largest absolute Gasteiger partial charge is 0.497 e. The summed E-state index contributed by atoms with van der Waals surface area (Å²) in [5.41, 5.74) is 1.47. The van der Waals surface area contributed by atoms with Crippen molar-refractivity contribution in [1.29, 1.82) is 5.26 Å². The Morgan fingerprint density at radius 2 is 2.05 bits per heavy atom. The van der Waals surface area contributed by atoms with Crippen molar-refractivity contribution < 1.29 is 13.9 Å². The number of methoxy groups -OCH3 is 1. The third-order valence-corrected chi connectivity index (χ3v) is 3.67. The van der Waals surface area contributed by atoms with E-state index >= 15 is 0 Å². The predicted octanol–water partition coefficient (Wildman–Crippen LogP) is 2.68. The molecule has 5 nitrogen and oxygen atoms in total. The molecule has 2 unspecified atom stereocenters. The number of nitrogens with zero attached hydrogens (tertiary/aromatic N) is 1. The molecule has 0 fully saturated rings. The van der Waals surface area contributed by atoms with Gasteiger partial charge in [0.2, 0.25) is 5.91 Å². The molecule has 22 heavy (non-hydrogen) atoms. The van der Waals surface area contributed by atoms with Crippen molar-refractivity contribution in [3.05, 3.63) is 60.1 Å². The Morgan fingerprint density at radius 3 is 2.64 bits per heavy atom. The van der Waals surface area contributed by atoms with Gasteiger partial charge in [0, 0.05) is 5.92 Å². The lowest BCUT2D eigenvalue weighted by Gasteiger charge is -2.25. The van der Waals surface area contributed by atoms with E-state index in [1.54, 1.807) is 25.5 Å². The fourth-order valence-electron chi connectivity index (χ4n) is 2.52. The molecule has 0 aliphatic carbocycles. The maximum absolute atomic E-state index is 12.2. The van der Waals surface area contributed by atoms with E-state index in [-0.39, 0.29) is 11.8 Å². The Hall–Kier alpha value is -3.00. The molecule has 3 rings (SSSR count). The molecule has 1 aliphatic heterocycles. The number of carbonyl (C=O) groups is 1. The minimum atomic E-state index is -0.771. The fraction of sp³-hybridized carbons (Fsp3) is 0.176. The molecule has 2 atom stereocenters. The van der Waals surface area contributed by atoms with Crippen LogP contribution in [0.15, 0.2) is 53.2 Å². The number of amides is 1. The van der Waals surface area contributed by atoms with E-state index in [4.69, 9.17) is 9.15 Å². The number of hydrogen-bond acceptors (Lipinski definition) is 4. The highest BCUT2D eigenvalue weighted by atomic mass is 16.5. The summed E-state index contributed by atoms with van der Waals surface area (Å²) in [5, 5.41) is 12.0. The van der Waals surface area contributed by atoms with E-state index in [2.05, 4.69) is 11.4 Å². The standard InChI is InChI=1S/C17H14N2O3/c1-21-12-6-4-11(5-7-12)13-9-15(16-3-2-8-22-16)19-17(20)14(13)10-18/h2-9,13-14H,1H3,(H,19,20). The molecule has 2 aromatic rings. The van der Waals surface area contributed by atoms with Crippen LogP contribution < -0.4 is 10.1 Å². The summed E-state index contributed by atoms with van der Waals surface area (Å²) in [7, 11) is 1.59. The van der Waals surface area contributed by atoms with Crippen molar-refractivity contribution in [3.8, 4) is 11.8 Å².